The van der Waals surface area contributed by atoms with E-state index in [2.05, 4.69) is 36.1 Å². The van der Waals surface area contributed by atoms with Crippen LogP contribution in [0.5, 0.6) is 0 Å². The Morgan fingerprint density at radius 1 is 1.21 bits per heavy atom. The Balaban J connectivity index is 1.79. The molecule has 1 saturated heterocycles. The van der Waals surface area contributed by atoms with Gasteiger partial charge in [0.25, 0.3) is 0 Å². The van der Waals surface area contributed by atoms with Crippen LogP contribution < -0.4 is 5.73 Å². The largest absolute Gasteiger partial charge is 0.379 e. The SMILES string of the molecule is CCCc1ccc(C(N)CCN2CCOCC2)cc1. The first-order valence-electron chi connectivity index (χ1n) is 7.44. The molecule has 0 amide bonds. The maximum Gasteiger partial charge on any atom is 0.0594 e. The fraction of sp³-hybridized carbons (Fsp3) is 0.625. The van der Waals surface area contributed by atoms with Crippen molar-refractivity contribution in [2.45, 2.75) is 32.2 Å². The third-order valence-electron chi connectivity index (χ3n) is 3.81. The standard InChI is InChI=1S/C16H26N2O/c1-2-3-14-4-6-15(7-5-14)16(17)8-9-18-10-12-19-13-11-18/h4-7,16H,2-3,8-13,17H2,1H3. The van der Waals surface area contributed by atoms with E-state index in [1.54, 1.807) is 0 Å². The molecule has 2 rings (SSSR count). The predicted molar refractivity (Wildman–Crippen MR) is 79.2 cm³/mol. The molecule has 1 heterocycles. The van der Waals surface area contributed by atoms with Crippen LogP contribution in [0.3, 0.4) is 0 Å². The molecule has 19 heavy (non-hydrogen) atoms. The zero-order valence-corrected chi connectivity index (χ0v) is 12.0. The van der Waals surface area contributed by atoms with Gasteiger partial charge in [-0.15, -0.1) is 0 Å². The molecule has 1 fully saturated rings. The number of morpholine rings is 1. The van der Waals surface area contributed by atoms with E-state index in [0.29, 0.717) is 0 Å². The van der Waals surface area contributed by atoms with Crippen molar-refractivity contribution < 1.29 is 4.74 Å². The molecule has 0 saturated carbocycles. The molecule has 2 N–H and O–H groups in total. The number of hydrogen-bond acceptors (Lipinski definition) is 3. The molecule has 1 aromatic rings. The van der Waals surface area contributed by atoms with Gasteiger partial charge in [-0.25, -0.2) is 0 Å². The quantitative estimate of drug-likeness (QED) is 0.855. The summed E-state index contributed by atoms with van der Waals surface area (Å²) in [7, 11) is 0. The lowest BCUT2D eigenvalue weighted by molar-refractivity contribution is 0.0366. The average Bonchev–Trinajstić information content (AvgIpc) is 2.47. The number of rotatable bonds is 6. The van der Waals surface area contributed by atoms with Crippen molar-refractivity contribution in [1.29, 1.82) is 0 Å². The predicted octanol–water partition coefficient (Wildman–Crippen LogP) is 2.36. The first kappa shape index (κ1) is 14.5. The number of ether oxygens (including phenoxy) is 1. The van der Waals surface area contributed by atoms with Crippen LogP contribution in [0, 0.1) is 0 Å². The first-order valence-corrected chi connectivity index (χ1v) is 7.44. The Bertz CT molecular complexity index is 358. The molecule has 3 nitrogen and oxygen atoms in total. The van der Waals surface area contributed by atoms with Gasteiger partial charge in [0.05, 0.1) is 13.2 Å². The van der Waals surface area contributed by atoms with Gasteiger partial charge in [-0.3, -0.25) is 4.90 Å². The Hall–Kier alpha value is -0.900. The zero-order chi connectivity index (χ0) is 13.5. The minimum Gasteiger partial charge on any atom is -0.379 e. The lowest BCUT2D eigenvalue weighted by Crippen LogP contribution is -2.37. The molecule has 106 valence electrons. The van der Waals surface area contributed by atoms with Crippen molar-refractivity contribution in [1.82, 2.24) is 4.90 Å². The van der Waals surface area contributed by atoms with Crippen LogP contribution in [-0.2, 0) is 11.2 Å². The van der Waals surface area contributed by atoms with Crippen LogP contribution in [0.25, 0.3) is 0 Å². The average molecular weight is 262 g/mol. The second kappa shape index (κ2) is 7.63. The molecule has 0 aromatic heterocycles. The van der Waals surface area contributed by atoms with E-state index in [0.717, 1.165) is 45.7 Å². The van der Waals surface area contributed by atoms with E-state index in [-0.39, 0.29) is 6.04 Å². The lowest BCUT2D eigenvalue weighted by atomic mass is 10.0. The summed E-state index contributed by atoms with van der Waals surface area (Å²) in [6.07, 6.45) is 3.37. The van der Waals surface area contributed by atoms with E-state index in [9.17, 15) is 0 Å². The molecule has 0 spiro atoms. The Morgan fingerprint density at radius 2 is 1.89 bits per heavy atom. The monoisotopic (exact) mass is 262 g/mol. The Kier molecular flexibility index (Phi) is 5.83. The molecule has 1 aliphatic rings. The smallest absolute Gasteiger partial charge is 0.0594 e. The third kappa shape index (κ3) is 4.60. The topological polar surface area (TPSA) is 38.5 Å². The number of nitrogens with two attached hydrogens (primary N) is 1. The number of aryl methyl sites for hydroxylation is 1. The molecule has 1 unspecified atom stereocenters. The van der Waals surface area contributed by atoms with E-state index < -0.39 is 0 Å². The van der Waals surface area contributed by atoms with Crippen LogP contribution >= 0.6 is 0 Å². The van der Waals surface area contributed by atoms with Crippen molar-refractivity contribution >= 4 is 0 Å². The van der Waals surface area contributed by atoms with E-state index >= 15 is 0 Å². The molecular formula is C16H26N2O. The van der Waals surface area contributed by atoms with E-state index in [1.165, 1.54) is 17.5 Å². The molecular weight excluding hydrogens is 236 g/mol. The summed E-state index contributed by atoms with van der Waals surface area (Å²) in [5, 5.41) is 0. The van der Waals surface area contributed by atoms with Gasteiger partial charge in [0, 0.05) is 25.7 Å². The molecule has 0 radical (unpaired) electrons. The van der Waals surface area contributed by atoms with Gasteiger partial charge in [0.15, 0.2) is 0 Å². The summed E-state index contributed by atoms with van der Waals surface area (Å²) in [6.45, 7) is 7.09. The van der Waals surface area contributed by atoms with Gasteiger partial charge in [-0.2, -0.15) is 0 Å². The van der Waals surface area contributed by atoms with Gasteiger partial charge >= 0.3 is 0 Å². The van der Waals surface area contributed by atoms with Crippen LogP contribution in [0.4, 0.5) is 0 Å². The number of benzene rings is 1. The maximum atomic E-state index is 6.28. The van der Waals surface area contributed by atoms with E-state index in [1.807, 2.05) is 0 Å². The van der Waals surface area contributed by atoms with Gasteiger partial charge in [-0.1, -0.05) is 37.6 Å². The van der Waals surface area contributed by atoms with Crippen molar-refractivity contribution in [3.8, 4) is 0 Å². The zero-order valence-electron chi connectivity index (χ0n) is 12.0. The molecule has 3 heteroatoms. The summed E-state index contributed by atoms with van der Waals surface area (Å²) in [6, 6.07) is 8.96. The highest BCUT2D eigenvalue weighted by Crippen LogP contribution is 2.16. The van der Waals surface area contributed by atoms with Crippen molar-refractivity contribution in [3.05, 3.63) is 35.4 Å². The second-order valence-corrected chi connectivity index (χ2v) is 5.34. The van der Waals surface area contributed by atoms with E-state index in [4.69, 9.17) is 10.5 Å². The highest BCUT2D eigenvalue weighted by Gasteiger charge is 2.12. The summed E-state index contributed by atoms with van der Waals surface area (Å²) in [5.41, 5.74) is 8.94. The summed E-state index contributed by atoms with van der Waals surface area (Å²) >= 11 is 0. The minimum atomic E-state index is 0.151. The molecule has 0 bridgehead atoms. The number of nitrogens with zero attached hydrogens (tertiary/aromatic N) is 1. The van der Waals surface area contributed by atoms with Gasteiger partial charge < -0.3 is 10.5 Å². The lowest BCUT2D eigenvalue weighted by Gasteiger charge is -2.27. The van der Waals surface area contributed by atoms with Gasteiger partial charge in [0.2, 0.25) is 0 Å². The van der Waals surface area contributed by atoms with Gasteiger partial charge in [0.1, 0.15) is 0 Å². The van der Waals surface area contributed by atoms with Crippen LogP contribution in [0.15, 0.2) is 24.3 Å². The maximum absolute atomic E-state index is 6.28. The number of hydrogen-bond donors (Lipinski definition) is 1. The van der Waals surface area contributed by atoms with Crippen LogP contribution in [-0.4, -0.2) is 37.7 Å². The highest BCUT2D eigenvalue weighted by molar-refractivity contribution is 5.24. The molecule has 1 atom stereocenters. The fourth-order valence-electron chi connectivity index (χ4n) is 2.53. The highest BCUT2D eigenvalue weighted by atomic mass is 16.5. The second-order valence-electron chi connectivity index (χ2n) is 5.34. The molecule has 0 aliphatic carbocycles. The van der Waals surface area contributed by atoms with Crippen molar-refractivity contribution in [3.63, 3.8) is 0 Å². The molecule has 1 aromatic carbocycles. The Labute approximate surface area is 116 Å². The summed E-state index contributed by atoms with van der Waals surface area (Å²) in [4.78, 5) is 2.44. The van der Waals surface area contributed by atoms with Crippen molar-refractivity contribution in [2.24, 2.45) is 5.73 Å². The molecule has 1 aliphatic heterocycles. The first-order chi connectivity index (χ1) is 9.29. The Morgan fingerprint density at radius 3 is 2.53 bits per heavy atom. The third-order valence-corrected chi connectivity index (χ3v) is 3.81. The van der Waals surface area contributed by atoms with Crippen molar-refractivity contribution in [2.75, 3.05) is 32.8 Å². The van der Waals surface area contributed by atoms with Crippen LogP contribution in [0.2, 0.25) is 0 Å². The summed E-state index contributed by atoms with van der Waals surface area (Å²) < 4.78 is 5.35. The fourth-order valence-corrected chi connectivity index (χ4v) is 2.53. The summed E-state index contributed by atoms with van der Waals surface area (Å²) in [5.74, 6) is 0. The van der Waals surface area contributed by atoms with Gasteiger partial charge in [-0.05, 0) is 24.0 Å². The van der Waals surface area contributed by atoms with Crippen LogP contribution in [0.1, 0.15) is 36.9 Å². The minimum absolute atomic E-state index is 0.151. The normalized spacial score (nSPS) is 18.4.